The van der Waals surface area contributed by atoms with Crippen LogP contribution >= 0.6 is 17.0 Å². The zero-order chi connectivity index (χ0) is 33.0. The van der Waals surface area contributed by atoms with Crippen molar-refractivity contribution in [1.29, 1.82) is 0 Å². The number of rotatable bonds is 9. The van der Waals surface area contributed by atoms with Crippen molar-refractivity contribution in [3.05, 3.63) is 129 Å². The SMILES string of the molecule is CCC1=Cc2c(-c3ccccc3C(C)C)cccc2[CH]1[Zr]([Cl])([Cl])([CH]1C(CC)=Cc2c(-c3ccccc3C(C)C)cccc21)[SiH](C)C. The van der Waals surface area contributed by atoms with Crippen LogP contribution in [0.5, 0.6) is 0 Å². The average molecular weight is 744 g/mol. The van der Waals surface area contributed by atoms with Crippen LogP contribution in [0.15, 0.2) is 96.1 Å². The zero-order valence-corrected chi connectivity index (χ0v) is 33.9. The Balaban J connectivity index is 1.59. The number of fused-ring (bicyclic) bond motifs is 2. The molecule has 4 aromatic carbocycles. The summed E-state index contributed by atoms with van der Waals surface area (Å²) >= 11 is -4.80. The van der Waals surface area contributed by atoms with E-state index in [0.29, 0.717) is 11.8 Å². The second-order valence-corrected chi connectivity index (χ2v) is 57.0. The van der Waals surface area contributed by atoms with Crippen LogP contribution in [0.4, 0.5) is 0 Å². The van der Waals surface area contributed by atoms with Crippen LogP contribution in [0.1, 0.15) is 107 Å². The number of benzene rings is 4. The van der Waals surface area contributed by atoms with E-state index < -0.39 is 21.5 Å². The molecule has 4 aromatic rings. The summed E-state index contributed by atoms with van der Waals surface area (Å²) in [5.41, 5.74) is 16.4. The minimum absolute atomic E-state index is 0.111. The molecule has 0 aliphatic heterocycles. The fraction of sp³-hybridized carbons (Fsp3) is 0.333. The van der Waals surface area contributed by atoms with Gasteiger partial charge in [0.1, 0.15) is 0 Å². The first-order valence-electron chi connectivity index (χ1n) is 17.4. The summed E-state index contributed by atoms with van der Waals surface area (Å²) in [6.07, 6.45) is 6.90. The fourth-order valence-corrected chi connectivity index (χ4v) is 40.4. The van der Waals surface area contributed by atoms with Crippen LogP contribution in [-0.4, -0.2) is 5.92 Å². The molecule has 0 N–H and O–H groups in total. The minimum atomic E-state index is -4.80. The van der Waals surface area contributed by atoms with E-state index in [4.69, 9.17) is 17.0 Å². The average Bonchev–Trinajstić information content (AvgIpc) is 3.64. The summed E-state index contributed by atoms with van der Waals surface area (Å²) in [4.78, 5) is 0. The first-order valence-corrected chi connectivity index (χ1v) is 33.7. The molecule has 0 bridgehead atoms. The van der Waals surface area contributed by atoms with Gasteiger partial charge in [0.25, 0.3) is 0 Å². The molecule has 4 heteroatoms. The molecule has 0 nitrogen and oxygen atoms in total. The van der Waals surface area contributed by atoms with Crippen molar-refractivity contribution in [1.82, 2.24) is 0 Å². The van der Waals surface area contributed by atoms with Crippen molar-refractivity contribution in [2.45, 2.75) is 86.6 Å². The van der Waals surface area contributed by atoms with Gasteiger partial charge in [-0.3, -0.25) is 0 Å². The van der Waals surface area contributed by atoms with E-state index >= 15 is 0 Å². The van der Waals surface area contributed by atoms with Crippen molar-refractivity contribution in [2.24, 2.45) is 0 Å². The molecule has 0 aromatic heterocycles. The summed E-state index contributed by atoms with van der Waals surface area (Å²) in [5, 5.41) is 0. The van der Waals surface area contributed by atoms with Gasteiger partial charge >= 0.3 is 289 Å². The van der Waals surface area contributed by atoms with Gasteiger partial charge in [0.2, 0.25) is 0 Å². The maximum absolute atomic E-state index is 8.66. The third-order valence-electron chi connectivity index (χ3n) is 11.1. The number of halogens is 2. The molecule has 2 aliphatic rings. The van der Waals surface area contributed by atoms with Gasteiger partial charge in [0, 0.05) is 0 Å². The Bertz CT molecular complexity index is 1730. The summed E-state index contributed by atoms with van der Waals surface area (Å²) in [6.45, 7) is 18.7. The summed E-state index contributed by atoms with van der Waals surface area (Å²) < 4.78 is 0.222. The second kappa shape index (κ2) is 12.8. The molecule has 239 valence electrons. The topological polar surface area (TPSA) is 0 Å². The molecule has 46 heavy (non-hydrogen) atoms. The van der Waals surface area contributed by atoms with E-state index in [1.165, 1.54) is 66.8 Å². The van der Waals surface area contributed by atoms with E-state index in [1.54, 1.807) is 0 Å². The Hall–Kier alpha value is -1.96. The molecule has 0 heterocycles. The van der Waals surface area contributed by atoms with Crippen molar-refractivity contribution in [3.63, 3.8) is 0 Å². The molecular formula is C42H49Cl2SiZr. The van der Waals surface area contributed by atoms with Crippen LogP contribution in [0.3, 0.4) is 0 Å². The van der Waals surface area contributed by atoms with Crippen LogP contribution < -0.4 is 0 Å². The van der Waals surface area contributed by atoms with Crippen LogP contribution in [-0.2, 0) is 15.6 Å². The van der Waals surface area contributed by atoms with E-state index in [-0.39, 0.29) is 7.25 Å². The molecule has 0 saturated heterocycles. The third kappa shape index (κ3) is 5.26. The molecule has 6 rings (SSSR count). The molecule has 0 spiro atoms. The van der Waals surface area contributed by atoms with Gasteiger partial charge in [0.15, 0.2) is 0 Å². The molecular weight excluding hydrogens is 695 g/mol. The van der Waals surface area contributed by atoms with Crippen molar-refractivity contribution in [3.8, 4) is 22.3 Å². The van der Waals surface area contributed by atoms with Crippen molar-refractivity contribution < 1.29 is 15.6 Å². The number of hydrogen-bond acceptors (Lipinski definition) is 0. The van der Waals surface area contributed by atoms with E-state index in [9.17, 15) is 0 Å². The van der Waals surface area contributed by atoms with Gasteiger partial charge in [-0.05, 0) is 0 Å². The van der Waals surface area contributed by atoms with Gasteiger partial charge in [0.05, 0.1) is 0 Å². The molecule has 0 amide bonds. The first kappa shape index (κ1) is 33.9. The van der Waals surface area contributed by atoms with Gasteiger partial charge in [-0.15, -0.1) is 0 Å². The first-order chi connectivity index (χ1) is 21.9. The Labute approximate surface area is 286 Å². The normalized spacial score (nSPS) is 18.4. The van der Waals surface area contributed by atoms with E-state index in [0.717, 1.165) is 12.8 Å². The van der Waals surface area contributed by atoms with Gasteiger partial charge < -0.3 is 0 Å². The van der Waals surface area contributed by atoms with Crippen LogP contribution in [0.2, 0.25) is 13.1 Å². The standard InChI is InChI=1S/2C20H21.C2H7Si.2ClH.Zr/c2*1-4-15-12-16-8-7-11-19(20(16)13-15)18-10-6-5-9-17(18)14(2)3;1-3-2;;;/h2*5-14H,4H2,1-3H3;3H,1-2H3;2*1H;/q;;;;;+2/p-2. The molecule has 0 fully saturated rings. The Morgan fingerprint density at radius 3 is 1.28 bits per heavy atom. The van der Waals surface area contributed by atoms with E-state index in [2.05, 4.69) is 152 Å². The maximum atomic E-state index is 8.66. The molecule has 2 unspecified atom stereocenters. The third-order valence-corrected chi connectivity index (χ3v) is 62.9. The van der Waals surface area contributed by atoms with Gasteiger partial charge in [-0.25, -0.2) is 0 Å². The Kier molecular flexibility index (Phi) is 9.45. The Morgan fingerprint density at radius 1 is 0.565 bits per heavy atom. The predicted molar refractivity (Wildman–Crippen MR) is 205 cm³/mol. The van der Waals surface area contributed by atoms with Gasteiger partial charge in [-0.2, -0.15) is 0 Å². The van der Waals surface area contributed by atoms with Crippen molar-refractivity contribution >= 4 is 35.1 Å². The summed E-state index contributed by atoms with van der Waals surface area (Å²) in [6, 6.07) is 31.7. The molecule has 0 radical (unpaired) electrons. The summed E-state index contributed by atoms with van der Waals surface area (Å²) in [5.74, 6) is -0.737. The summed E-state index contributed by atoms with van der Waals surface area (Å²) in [7, 11) is 17.3. The van der Waals surface area contributed by atoms with E-state index in [1.807, 2.05) is 0 Å². The zero-order valence-electron chi connectivity index (χ0n) is 28.8. The molecule has 0 saturated carbocycles. The molecule has 2 aliphatic carbocycles. The quantitative estimate of drug-likeness (QED) is 0.150. The second-order valence-electron chi connectivity index (χ2n) is 14.5. The molecule has 2 atom stereocenters. The number of hydrogen-bond donors (Lipinski definition) is 0. The fourth-order valence-electron chi connectivity index (χ4n) is 8.64. The predicted octanol–water partition coefficient (Wildman–Crippen LogP) is 13.6. The van der Waals surface area contributed by atoms with Crippen LogP contribution in [0, 0.1) is 0 Å². The Morgan fingerprint density at radius 2 is 0.935 bits per heavy atom. The number of allylic oxidation sites excluding steroid dienone is 2. The van der Waals surface area contributed by atoms with Crippen molar-refractivity contribution in [2.75, 3.05) is 0 Å². The van der Waals surface area contributed by atoms with Gasteiger partial charge in [-0.1, -0.05) is 0 Å². The monoisotopic (exact) mass is 741 g/mol. The van der Waals surface area contributed by atoms with Crippen LogP contribution in [0.25, 0.3) is 34.4 Å².